The number of carbonyl (C=O) groups excluding carboxylic acids is 2. The molecule has 5 nitrogen and oxygen atoms in total. The zero-order valence-electron chi connectivity index (χ0n) is 14.7. The molecule has 0 atom stereocenters. The molecule has 0 bridgehead atoms. The maximum absolute atomic E-state index is 11.8. The SMILES string of the molecule is COC(=O)/C(NC(C)=O)=C(\C)O[Si](C)(C)C(C)(C)C(C)C. The molecule has 0 aliphatic rings. The van der Waals surface area contributed by atoms with Gasteiger partial charge in [0.25, 0.3) is 8.32 Å². The molecular formula is C15H29NO4Si. The van der Waals surface area contributed by atoms with Gasteiger partial charge in [0.1, 0.15) is 5.76 Å². The van der Waals surface area contributed by atoms with Crippen LogP contribution in [0, 0.1) is 5.92 Å². The zero-order valence-corrected chi connectivity index (χ0v) is 15.7. The molecule has 0 aromatic carbocycles. The Bertz CT molecular complexity index is 439. The van der Waals surface area contributed by atoms with Crippen molar-refractivity contribution >= 4 is 20.2 Å². The Morgan fingerprint density at radius 2 is 1.62 bits per heavy atom. The number of methoxy groups -OCH3 is 1. The monoisotopic (exact) mass is 315 g/mol. The molecule has 122 valence electrons. The number of ether oxygens (including phenoxy) is 1. The number of hydrogen-bond donors (Lipinski definition) is 1. The van der Waals surface area contributed by atoms with Gasteiger partial charge in [-0.3, -0.25) is 4.79 Å². The van der Waals surface area contributed by atoms with Gasteiger partial charge in [0.15, 0.2) is 5.70 Å². The minimum Gasteiger partial charge on any atom is -0.545 e. The Kier molecular flexibility index (Phi) is 6.67. The third-order valence-corrected chi connectivity index (χ3v) is 8.94. The molecule has 21 heavy (non-hydrogen) atoms. The fraction of sp³-hybridized carbons (Fsp3) is 0.733. The molecule has 0 spiro atoms. The van der Waals surface area contributed by atoms with E-state index in [1.165, 1.54) is 14.0 Å². The van der Waals surface area contributed by atoms with Crippen molar-refractivity contribution in [1.82, 2.24) is 5.32 Å². The highest BCUT2D eigenvalue weighted by Crippen LogP contribution is 2.45. The van der Waals surface area contributed by atoms with E-state index in [-0.39, 0.29) is 16.6 Å². The molecule has 0 heterocycles. The molecule has 0 aliphatic carbocycles. The van der Waals surface area contributed by atoms with Crippen molar-refractivity contribution in [1.29, 1.82) is 0 Å². The van der Waals surface area contributed by atoms with E-state index in [4.69, 9.17) is 9.16 Å². The number of allylic oxidation sites excluding steroid dienone is 1. The topological polar surface area (TPSA) is 64.6 Å². The Balaban J connectivity index is 5.54. The van der Waals surface area contributed by atoms with Crippen LogP contribution in [0.3, 0.4) is 0 Å². The lowest BCUT2D eigenvalue weighted by Crippen LogP contribution is -2.45. The lowest BCUT2D eigenvalue weighted by molar-refractivity contribution is -0.137. The van der Waals surface area contributed by atoms with Crippen molar-refractivity contribution < 1.29 is 18.8 Å². The highest BCUT2D eigenvalue weighted by atomic mass is 28.4. The van der Waals surface area contributed by atoms with Crippen LogP contribution >= 0.6 is 0 Å². The van der Waals surface area contributed by atoms with Gasteiger partial charge in [0.05, 0.1) is 7.11 Å². The fourth-order valence-electron chi connectivity index (χ4n) is 1.82. The van der Waals surface area contributed by atoms with Gasteiger partial charge in [0, 0.05) is 6.92 Å². The summed E-state index contributed by atoms with van der Waals surface area (Å²) in [6.07, 6.45) is 0. The summed E-state index contributed by atoms with van der Waals surface area (Å²) in [5.41, 5.74) is 0.0742. The van der Waals surface area contributed by atoms with Gasteiger partial charge in [-0.1, -0.05) is 27.7 Å². The van der Waals surface area contributed by atoms with Gasteiger partial charge in [-0.2, -0.15) is 0 Å². The van der Waals surface area contributed by atoms with Crippen LogP contribution in [0.1, 0.15) is 41.5 Å². The molecule has 0 aromatic rings. The molecule has 0 fully saturated rings. The van der Waals surface area contributed by atoms with Crippen LogP contribution in [0.25, 0.3) is 0 Å². The number of rotatable bonds is 6. The van der Waals surface area contributed by atoms with Crippen LogP contribution in [-0.2, 0) is 18.8 Å². The van der Waals surface area contributed by atoms with Crippen molar-refractivity contribution in [3.05, 3.63) is 11.5 Å². The fourth-order valence-corrected chi connectivity index (χ4v) is 4.34. The maximum atomic E-state index is 11.8. The van der Waals surface area contributed by atoms with Crippen molar-refractivity contribution in [2.24, 2.45) is 5.92 Å². The predicted octanol–water partition coefficient (Wildman–Crippen LogP) is 3.18. The van der Waals surface area contributed by atoms with Crippen LogP contribution in [0.4, 0.5) is 0 Å². The van der Waals surface area contributed by atoms with Crippen molar-refractivity contribution in [2.75, 3.05) is 7.11 Å². The molecule has 0 saturated heterocycles. The third-order valence-electron chi connectivity index (χ3n) is 4.45. The van der Waals surface area contributed by atoms with Gasteiger partial charge >= 0.3 is 5.97 Å². The Hall–Kier alpha value is -1.30. The van der Waals surface area contributed by atoms with Gasteiger partial charge < -0.3 is 14.5 Å². The minimum atomic E-state index is -2.15. The maximum Gasteiger partial charge on any atom is 0.358 e. The smallest absolute Gasteiger partial charge is 0.358 e. The van der Waals surface area contributed by atoms with Crippen LogP contribution < -0.4 is 5.32 Å². The zero-order chi connectivity index (χ0) is 17.0. The average molecular weight is 315 g/mol. The average Bonchev–Trinajstić information content (AvgIpc) is 2.33. The summed E-state index contributed by atoms with van der Waals surface area (Å²) in [4.78, 5) is 23.1. The first-order valence-corrected chi connectivity index (χ1v) is 10.0. The molecule has 0 saturated carbocycles. The largest absolute Gasteiger partial charge is 0.545 e. The quantitative estimate of drug-likeness (QED) is 0.354. The second kappa shape index (κ2) is 7.11. The van der Waals surface area contributed by atoms with Crippen LogP contribution in [0.5, 0.6) is 0 Å². The van der Waals surface area contributed by atoms with E-state index < -0.39 is 14.3 Å². The summed E-state index contributed by atoms with van der Waals surface area (Å²) < 4.78 is 10.9. The van der Waals surface area contributed by atoms with Gasteiger partial charge in [-0.05, 0) is 31.0 Å². The summed E-state index contributed by atoms with van der Waals surface area (Å²) in [5, 5.41) is 2.50. The number of nitrogens with one attached hydrogen (secondary N) is 1. The van der Waals surface area contributed by atoms with Gasteiger partial charge in [-0.15, -0.1) is 0 Å². The molecule has 1 N–H and O–H groups in total. The minimum absolute atomic E-state index is 0.00567. The summed E-state index contributed by atoms with van der Waals surface area (Å²) in [5.74, 6) is -0.0902. The molecule has 0 aliphatic heterocycles. The molecule has 0 rings (SSSR count). The van der Waals surface area contributed by atoms with E-state index in [0.717, 1.165) is 0 Å². The number of carbonyl (C=O) groups is 2. The van der Waals surface area contributed by atoms with E-state index >= 15 is 0 Å². The summed E-state index contributed by atoms with van der Waals surface area (Å²) in [6, 6.07) is 0. The highest BCUT2D eigenvalue weighted by molar-refractivity contribution is 6.74. The van der Waals surface area contributed by atoms with Crippen molar-refractivity contribution in [3.63, 3.8) is 0 Å². The van der Waals surface area contributed by atoms with Crippen LogP contribution in [-0.4, -0.2) is 27.3 Å². The predicted molar refractivity (Wildman–Crippen MR) is 86.0 cm³/mol. The van der Waals surface area contributed by atoms with Gasteiger partial charge in [-0.25, -0.2) is 4.79 Å². The Morgan fingerprint density at radius 3 is 1.95 bits per heavy atom. The summed E-state index contributed by atoms with van der Waals surface area (Å²) in [6.45, 7) is 15.9. The number of esters is 1. The first-order chi connectivity index (χ1) is 9.36. The molecule has 0 unspecified atom stereocenters. The summed E-state index contributed by atoms with van der Waals surface area (Å²) >= 11 is 0. The lowest BCUT2D eigenvalue weighted by atomic mass is 9.99. The second-order valence-electron chi connectivity index (χ2n) is 6.59. The lowest BCUT2D eigenvalue weighted by Gasteiger charge is -2.42. The summed E-state index contributed by atoms with van der Waals surface area (Å²) in [7, 11) is -0.871. The van der Waals surface area contributed by atoms with Crippen LogP contribution in [0.15, 0.2) is 11.5 Å². The van der Waals surface area contributed by atoms with Crippen molar-refractivity contribution in [3.8, 4) is 0 Å². The van der Waals surface area contributed by atoms with E-state index in [2.05, 4.69) is 46.1 Å². The first-order valence-electron chi connectivity index (χ1n) is 7.12. The third kappa shape index (κ3) is 4.88. The molecule has 0 radical (unpaired) electrons. The first kappa shape index (κ1) is 19.7. The Labute approximate surface area is 129 Å². The van der Waals surface area contributed by atoms with Crippen molar-refractivity contribution in [2.45, 2.75) is 59.7 Å². The van der Waals surface area contributed by atoms with Crippen LogP contribution in [0.2, 0.25) is 18.1 Å². The highest BCUT2D eigenvalue weighted by Gasteiger charge is 2.45. The van der Waals surface area contributed by atoms with E-state index in [0.29, 0.717) is 11.7 Å². The Morgan fingerprint density at radius 1 is 1.14 bits per heavy atom. The standard InChI is InChI=1S/C15H29NO4Si/c1-10(2)15(5,6)21(8,9)20-11(3)13(14(18)19-7)16-12(4)17/h10H,1-9H3,(H,16,17)/b13-11-. The number of amides is 1. The normalized spacial score (nSPS) is 13.6. The van der Waals surface area contributed by atoms with E-state index in [1.54, 1.807) is 6.92 Å². The van der Waals surface area contributed by atoms with E-state index in [9.17, 15) is 9.59 Å². The number of hydrogen-bond acceptors (Lipinski definition) is 4. The van der Waals surface area contributed by atoms with E-state index in [1.807, 2.05) is 0 Å². The molecule has 0 aromatic heterocycles. The molecule has 6 heteroatoms. The molecular weight excluding hydrogens is 286 g/mol. The molecule has 1 amide bonds. The van der Waals surface area contributed by atoms with Gasteiger partial charge in [0.2, 0.25) is 5.91 Å². The second-order valence-corrected chi connectivity index (χ2v) is 11.1.